The van der Waals surface area contributed by atoms with Crippen LogP contribution in [-0.2, 0) is 4.79 Å². The van der Waals surface area contributed by atoms with Crippen LogP contribution in [0.1, 0.15) is 15.9 Å². The Kier molecular flexibility index (Phi) is 2.86. The Morgan fingerprint density at radius 3 is 2.50 bits per heavy atom. The number of Topliss-reactive ketones (excluding diaryl/α,β-unsaturated/α-hetero) is 1. The molecule has 0 fully saturated rings. The number of carbonyl (C=O) groups is 2. The van der Waals surface area contributed by atoms with Crippen molar-refractivity contribution in [3.05, 3.63) is 29.3 Å². The number of ether oxygens (including phenoxy) is 1. The highest BCUT2D eigenvalue weighted by molar-refractivity contribution is 6.40. The van der Waals surface area contributed by atoms with Gasteiger partial charge >= 0.3 is 5.97 Å². The molecular formula is C10H10O4. The molecule has 14 heavy (non-hydrogen) atoms. The Morgan fingerprint density at radius 2 is 2.00 bits per heavy atom. The van der Waals surface area contributed by atoms with Crippen molar-refractivity contribution in [2.75, 3.05) is 7.11 Å². The highest BCUT2D eigenvalue weighted by Crippen LogP contribution is 2.19. The van der Waals surface area contributed by atoms with Gasteiger partial charge in [0, 0.05) is 0 Å². The van der Waals surface area contributed by atoms with Gasteiger partial charge in [-0.3, -0.25) is 4.79 Å². The maximum absolute atomic E-state index is 11.2. The van der Waals surface area contributed by atoms with E-state index in [9.17, 15) is 9.59 Å². The molecule has 1 N–H and O–H groups in total. The molecule has 0 saturated heterocycles. The standard InChI is InChI=1S/C10H10O4/c1-6-3-4-8(14-2)7(5-6)9(11)10(12)13/h3-5H,1-2H3,(H,12,13). The van der Waals surface area contributed by atoms with Gasteiger partial charge in [0.15, 0.2) is 0 Å². The third-order valence-corrected chi connectivity index (χ3v) is 1.79. The smallest absolute Gasteiger partial charge is 0.377 e. The summed E-state index contributed by atoms with van der Waals surface area (Å²) in [6, 6.07) is 4.82. The number of hydrogen-bond acceptors (Lipinski definition) is 3. The van der Waals surface area contributed by atoms with E-state index in [1.165, 1.54) is 13.2 Å². The van der Waals surface area contributed by atoms with Crippen LogP contribution < -0.4 is 4.74 Å². The van der Waals surface area contributed by atoms with E-state index < -0.39 is 11.8 Å². The van der Waals surface area contributed by atoms with Gasteiger partial charge in [0.05, 0.1) is 12.7 Å². The highest BCUT2D eigenvalue weighted by Gasteiger charge is 2.18. The summed E-state index contributed by atoms with van der Waals surface area (Å²) >= 11 is 0. The molecule has 0 aromatic heterocycles. The fourth-order valence-corrected chi connectivity index (χ4v) is 1.11. The first-order valence-corrected chi connectivity index (χ1v) is 3.98. The molecule has 0 unspecified atom stereocenters. The molecule has 0 heterocycles. The van der Waals surface area contributed by atoms with Crippen molar-refractivity contribution in [1.82, 2.24) is 0 Å². The molecule has 0 atom stereocenters. The van der Waals surface area contributed by atoms with E-state index in [-0.39, 0.29) is 11.3 Å². The Bertz CT molecular complexity index is 382. The van der Waals surface area contributed by atoms with Crippen LogP contribution in [0.2, 0.25) is 0 Å². The van der Waals surface area contributed by atoms with Crippen LogP contribution in [0, 0.1) is 6.92 Å². The van der Waals surface area contributed by atoms with Crippen molar-refractivity contribution in [3.8, 4) is 5.75 Å². The number of aryl methyl sites for hydroxylation is 1. The largest absolute Gasteiger partial charge is 0.496 e. The fourth-order valence-electron chi connectivity index (χ4n) is 1.11. The van der Waals surface area contributed by atoms with E-state index in [4.69, 9.17) is 9.84 Å². The molecule has 74 valence electrons. The SMILES string of the molecule is COc1ccc(C)cc1C(=O)C(=O)O. The second kappa shape index (κ2) is 3.91. The Morgan fingerprint density at radius 1 is 1.36 bits per heavy atom. The van der Waals surface area contributed by atoms with Crippen molar-refractivity contribution in [1.29, 1.82) is 0 Å². The molecule has 0 spiro atoms. The minimum absolute atomic E-state index is 0.0833. The molecular weight excluding hydrogens is 184 g/mol. The van der Waals surface area contributed by atoms with E-state index in [0.29, 0.717) is 0 Å². The second-order valence-electron chi connectivity index (χ2n) is 2.84. The first kappa shape index (κ1) is 10.2. The number of hydrogen-bond donors (Lipinski definition) is 1. The first-order valence-electron chi connectivity index (χ1n) is 3.98. The summed E-state index contributed by atoms with van der Waals surface area (Å²) in [5.74, 6) is -2.15. The summed E-state index contributed by atoms with van der Waals surface area (Å²) in [6.45, 7) is 1.78. The van der Waals surface area contributed by atoms with Crippen LogP contribution in [0.5, 0.6) is 5.75 Å². The van der Waals surface area contributed by atoms with E-state index >= 15 is 0 Å². The van der Waals surface area contributed by atoms with Gasteiger partial charge in [-0.1, -0.05) is 11.6 Å². The lowest BCUT2D eigenvalue weighted by Crippen LogP contribution is -2.14. The average molecular weight is 194 g/mol. The fraction of sp³-hybridized carbons (Fsp3) is 0.200. The molecule has 0 amide bonds. The van der Waals surface area contributed by atoms with E-state index in [0.717, 1.165) is 5.56 Å². The van der Waals surface area contributed by atoms with Gasteiger partial charge in [-0.05, 0) is 19.1 Å². The average Bonchev–Trinajstić information content (AvgIpc) is 2.16. The summed E-state index contributed by atoms with van der Waals surface area (Å²) in [7, 11) is 1.39. The minimum Gasteiger partial charge on any atom is -0.496 e. The van der Waals surface area contributed by atoms with Gasteiger partial charge in [-0.15, -0.1) is 0 Å². The molecule has 4 nitrogen and oxygen atoms in total. The van der Waals surface area contributed by atoms with E-state index in [1.54, 1.807) is 19.1 Å². The summed E-state index contributed by atoms with van der Waals surface area (Å²) in [6.07, 6.45) is 0. The minimum atomic E-state index is -1.48. The van der Waals surface area contributed by atoms with Gasteiger partial charge in [0.1, 0.15) is 5.75 Å². The van der Waals surface area contributed by atoms with Crippen molar-refractivity contribution in [2.45, 2.75) is 6.92 Å². The predicted octanol–water partition coefficient (Wildman–Crippen LogP) is 1.27. The van der Waals surface area contributed by atoms with Crippen molar-refractivity contribution >= 4 is 11.8 Å². The third kappa shape index (κ3) is 1.90. The molecule has 0 radical (unpaired) electrons. The lowest BCUT2D eigenvalue weighted by Gasteiger charge is -2.05. The Hall–Kier alpha value is -1.84. The molecule has 1 rings (SSSR count). The molecule has 0 saturated carbocycles. The number of carboxylic acids is 1. The molecule has 1 aromatic carbocycles. The summed E-state index contributed by atoms with van der Waals surface area (Å²) in [5.41, 5.74) is 0.899. The van der Waals surface area contributed by atoms with Crippen LogP contribution in [0.4, 0.5) is 0 Å². The lowest BCUT2D eigenvalue weighted by atomic mass is 10.1. The molecule has 0 aliphatic carbocycles. The maximum atomic E-state index is 11.2. The van der Waals surface area contributed by atoms with Crippen molar-refractivity contribution < 1.29 is 19.4 Å². The topological polar surface area (TPSA) is 63.6 Å². The summed E-state index contributed by atoms with van der Waals surface area (Å²) in [5, 5.41) is 8.54. The quantitative estimate of drug-likeness (QED) is 0.581. The zero-order chi connectivity index (χ0) is 10.7. The number of carboxylic acid groups (broad SMARTS) is 1. The van der Waals surface area contributed by atoms with Gasteiger partial charge in [0.2, 0.25) is 0 Å². The highest BCUT2D eigenvalue weighted by atomic mass is 16.5. The first-order chi connectivity index (χ1) is 6.56. The van der Waals surface area contributed by atoms with Crippen molar-refractivity contribution in [3.63, 3.8) is 0 Å². The second-order valence-corrected chi connectivity index (χ2v) is 2.84. The number of benzene rings is 1. The van der Waals surface area contributed by atoms with Crippen LogP contribution in [0.15, 0.2) is 18.2 Å². The molecule has 0 aliphatic heterocycles. The van der Waals surface area contributed by atoms with Gasteiger partial charge in [-0.25, -0.2) is 4.79 Å². The summed E-state index contributed by atoms with van der Waals surface area (Å²) in [4.78, 5) is 21.7. The van der Waals surface area contributed by atoms with Crippen LogP contribution in [0.3, 0.4) is 0 Å². The lowest BCUT2D eigenvalue weighted by molar-refractivity contribution is -0.131. The Labute approximate surface area is 81.1 Å². The van der Waals surface area contributed by atoms with Crippen LogP contribution >= 0.6 is 0 Å². The monoisotopic (exact) mass is 194 g/mol. The number of rotatable bonds is 3. The third-order valence-electron chi connectivity index (χ3n) is 1.79. The van der Waals surface area contributed by atoms with E-state index in [1.807, 2.05) is 0 Å². The van der Waals surface area contributed by atoms with Crippen molar-refractivity contribution in [2.24, 2.45) is 0 Å². The van der Waals surface area contributed by atoms with Crippen LogP contribution in [0.25, 0.3) is 0 Å². The predicted molar refractivity (Wildman–Crippen MR) is 49.7 cm³/mol. The molecule has 0 aliphatic rings. The number of carbonyl (C=O) groups excluding carboxylic acids is 1. The molecule has 1 aromatic rings. The molecule has 0 bridgehead atoms. The maximum Gasteiger partial charge on any atom is 0.377 e. The van der Waals surface area contributed by atoms with Gasteiger partial charge in [0.25, 0.3) is 5.78 Å². The van der Waals surface area contributed by atoms with Crippen LogP contribution in [-0.4, -0.2) is 24.0 Å². The normalized spacial score (nSPS) is 9.57. The molecule has 4 heteroatoms. The van der Waals surface area contributed by atoms with Gasteiger partial charge in [-0.2, -0.15) is 0 Å². The summed E-state index contributed by atoms with van der Waals surface area (Å²) < 4.78 is 4.89. The number of ketones is 1. The Balaban J connectivity index is 3.23. The number of aliphatic carboxylic acids is 1. The van der Waals surface area contributed by atoms with Gasteiger partial charge < -0.3 is 9.84 Å². The zero-order valence-electron chi connectivity index (χ0n) is 7.90. The zero-order valence-corrected chi connectivity index (χ0v) is 7.90. The van der Waals surface area contributed by atoms with E-state index in [2.05, 4.69) is 0 Å². The number of methoxy groups -OCH3 is 1.